The molecule has 0 saturated carbocycles. The van der Waals surface area contributed by atoms with Gasteiger partial charge >= 0.3 is 0 Å². The third-order valence-electron chi connectivity index (χ3n) is 3.38. The van der Waals surface area contributed by atoms with Gasteiger partial charge in [0.15, 0.2) is 0 Å². The standard InChI is InChI=1S/C15H12N2O3S2/c1-16-7-9(10-4-2-3-5-11(10)16)6-12-14(20)17(8-13(18)19)15(21)22-12/h2-7H,8H2,1H3,(H,18,19)/p-1/b12-6-. The molecule has 0 N–H and O–H groups in total. The zero-order chi connectivity index (χ0) is 15.9. The van der Waals surface area contributed by atoms with Gasteiger partial charge in [0.1, 0.15) is 4.32 Å². The first-order chi connectivity index (χ1) is 10.5. The smallest absolute Gasteiger partial charge is 0.266 e. The number of carboxylic acid groups (broad SMARTS) is 1. The molecule has 0 bridgehead atoms. The summed E-state index contributed by atoms with van der Waals surface area (Å²) in [5.41, 5.74) is 1.95. The third kappa shape index (κ3) is 2.53. The van der Waals surface area contributed by atoms with Crippen LogP contribution in [-0.4, -0.2) is 32.2 Å². The Morgan fingerprint density at radius 3 is 2.86 bits per heavy atom. The van der Waals surface area contributed by atoms with E-state index < -0.39 is 18.4 Å². The SMILES string of the molecule is Cn1cc(/C=C2\SC(=S)N(CC(=O)[O-])C2=O)c2ccccc21. The van der Waals surface area contributed by atoms with E-state index in [9.17, 15) is 14.7 Å². The summed E-state index contributed by atoms with van der Waals surface area (Å²) in [5, 5.41) is 11.7. The van der Waals surface area contributed by atoms with E-state index in [1.807, 2.05) is 42.1 Å². The molecule has 0 radical (unpaired) electrons. The second-order valence-electron chi connectivity index (χ2n) is 4.85. The number of carbonyl (C=O) groups excluding carboxylic acids is 2. The predicted octanol–water partition coefficient (Wildman–Crippen LogP) is 1.13. The third-order valence-corrected chi connectivity index (χ3v) is 4.75. The number of fused-ring (bicyclic) bond motifs is 1. The van der Waals surface area contributed by atoms with Crippen molar-refractivity contribution in [2.45, 2.75) is 0 Å². The van der Waals surface area contributed by atoms with Gasteiger partial charge in [-0.15, -0.1) is 0 Å². The van der Waals surface area contributed by atoms with Crippen molar-refractivity contribution in [3.8, 4) is 0 Å². The summed E-state index contributed by atoms with van der Waals surface area (Å²) in [5.74, 6) is -1.73. The molecule has 1 aliphatic heterocycles. The quantitative estimate of drug-likeness (QED) is 0.623. The van der Waals surface area contributed by atoms with Gasteiger partial charge in [-0.2, -0.15) is 0 Å². The van der Waals surface area contributed by atoms with E-state index in [0.29, 0.717) is 4.91 Å². The molecule has 1 aromatic carbocycles. The number of thiocarbonyl (C=S) groups is 1. The van der Waals surface area contributed by atoms with E-state index in [2.05, 4.69) is 0 Å². The number of benzene rings is 1. The fourth-order valence-corrected chi connectivity index (χ4v) is 3.64. The number of carboxylic acids is 1. The summed E-state index contributed by atoms with van der Waals surface area (Å²) in [6.45, 7) is -0.516. The zero-order valence-electron chi connectivity index (χ0n) is 11.6. The van der Waals surface area contributed by atoms with Crippen molar-refractivity contribution in [2.75, 3.05) is 6.54 Å². The van der Waals surface area contributed by atoms with Gasteiger partial charge in [-0.1, -0.05) is 42.2 Å². The molecule has 3 rings (SSSR count). The number of rotatable bonds is 3. The number of aryl methyl sites for hydroxylation is 1. The molecule has 1 saturated heterocycles. The van der Waals surface area contributed by atoms with Crippen molar-refractivity contribution in [1.29, 1.82) is 0 Å². The van der Waals surface area contributed by atoms with Crippen LogP contribution < -0.4 is 5.11 Å². The summed E-state index contributed by atoms with van der Waals surface area (Å²) >= 11 is 6.17. The van der Waals surface area contributed by atoms with Crippen molar-refractivity contribution in [2.24, 2.45) is 7.05 Å². The van der Waals surface area contributed by atoms with Crippen molar-refractivity contribution in [1.82, 2.24) is 9.47 Å². The van der Waals surface area contributed by atoms with Gasteiger partial charge in [-0.3, -0.25) is 9.69 Å². The Kier molecular flexibility index (Phi) is 3.76. The van der Waals surface area contributed by atoms with Gasteiger partial charge in [0.2, 0.25) is 0 Å². The fraction of sp³-hybridized carbons (Fsp3) is 0.133. The Morgan fingerprint density at radius 2 is 2.14 bits per heavy atom. The lowest BCUT2D eigenvalue weighted by Gasteiger charge is -2.14. The number of amides is 1. The summed E-state index contributed by atoms with van der Waals surface area (Å²) in [6.07, 6.45) is 3.67. The molecule has 2 aromatic rings. The number of aromatic nitrogens is 1. The fourth-order valence-electron chi connectivity index (χ4n) is 2.39. The number of hydrogen-bond acceptors (Lipinski definition) is 5. The second-order valence-corrected chi connectivity index (χ2v) is 6.53. The number of carbonyl (C=O) groups is 2. The lowest BCUT2D eigenvalue weighted by molar-refractivity contribution is -0.305. The molecule has 22 heavy (non-hydrogen) atoms. The van der Waals surface area contributed by atoms with Crippen LogP contribution in [0.5, 0.6) is 0 Å². The van der Waals surface area contributed by atoms with Gasteiger partial charge in [0.05, 0.1) is 17.4 Å². The zero-order valence-corrected chi connectivity index (χ0v) is 13.2. The van der Waals surface area contributed by atoms with Gasteiger partial charge in [0, 0.05) is 29.7 Å². The van der Waals surface area contributed by atoms with Crippen LogP contribution in [0.15, 0.2) is 35.4 Å². The molecule has 1 aromatic heterocycles. The average molecular weight is 331 g/mol. The van der Waals surface area contributed by atoms with E-state index in [1.54, 1.807) is 6.08 Å². The molecule has 1 amide bonds. The van der Waals surface area contributed by atoms with Crippen LogP contribution in [0, 0.1) is 0 Å². The molecule has 7 heteroatoms. The second kappa shape index (κ2) is 5.58. The van der Waals surface area contributed by atoms with Gasteiger partial charge in [-0.05, 0) is 12.1 Å². The van der Waals surface area contributed by atoms with E-state index in [0.717, 1.165) is 33.1 Å². The van der Waals surface area contributed by atoms with Crippen molar-refractivity contribution >= 4 is 57.2 Å². The summed E-state index contributed by atoms with van der Waals surface area (Å²) in [6, 6.07) is 7.85. The molecule has 1 aliphatic rings. The topological polar surface area (TPSA) is 65.4 Å². The summed E-state index contributed by atoms with van der Waals surface area (Å²) < 4.78 is 2.21. The maximum atomic E-state index is 12.3. The lowest BCUT2D eigenvalue weighted by atomic mass is 10.1. The highest BCUT2D eigenvalue weighted by Crippen LogP contribution is 2.33. The van der Waals surface area contributed by atoms with E-state index >= 15 is 0 Å². The van der Waals surface area contributed by atoms with E-state index in [1.165, 1.54) is 0 Å². The number of nitrogens with zero attached hydrogens (tertiary/aromatic N) is 2. The minimum Gasteiger partial charge on any atom is -0.548 e. The average Bonchev–Trinajstić information content (AvgIpc) is 2.92. The van der Waals surface area contributed by atoms with Gasteiger partial charge in [-0.25, -0.2) is 0 Å². The highest BCUT2D eigenvalue weighted by atomic mass is 32.2. The van der Waals surface area contributed by atoms with Crippen molar-refractivity contribution < 1.29 is 14.7 Å². The Balaban J connectivity index is 2.00. The van der Waals surface area contributed by atoms with Crippen LogP contribution in [0.1, 0.15) is 5.56 Å². The largest absolute Gasteiger partial charge is 0.548 e. The first kappa shape index (κ1) is 14.8. The maximum Gasteiger partial charge on any atom is 0.266 e. The minimum atomic E-state index is -1.33. The first-order valence-corrected chi connectivity index (χ1v) is 7.69. The lowest BCUT2D eigenvalue weighted by Crippen LogP contribution is -2.40. The summed E-state index contributed by atoms with van der Waals surface area (Å²) in [7, 11) is 1.93. The van der Waals surface area contributed by atoms with Crippen LogP contribution in [0.4, 0.5) is 0 Å². The molecule has 2 heterocycles. The van der Waals surface area contributed by atoms with Crippen molar-refractivity contribution in [3.63, 3.8) is 0 Å². The molecule has 0 atom stereocenters. The monoisotopic (exact) mass is 331 g/mol. The molecule has 0 spiro atoms. The van der Waals surface area contributed by atoms with E-state index in [4.69, 9.17) is 12.2 Å². The highest BCUT2D eigenvalue weighted by molar-refractivity contribution is 8.26. The normalized spacial score (nSPS) is 17.0. The van der Waals surface area contributed by atoms with Gasteiger partial charge < -0.3 is 14.5 Å². The Morgan fingerprint density at radius 1 is 1.41 bits per heavy atom. The van der Waals surface area contributed by atoms with Crippen LogP contribution in [0.2, 0.25) is 0 Å². The van der Waals surface area contributed by atoms with Crippen LogP contribution in [0.25, 0.3) is 17.0 Å². The molecule has 5 nitrogen and oxygen atoms in total. The molecular formula is C15H11N2O3S2-. The summed E-state index contributed by atoms with van der Waals surface area (Å²) in [4.78, 5) is 24.4. The molecule has 0 aliphatic carbocycles. The predicted molar refractivity (Wildman–Crippen MR) is 87.8 cm³/mol. The van der Waals surface area contributed by atoms with E-state index in [-0.39, 0.29) is 4.32 Å². The molecule has 112 valence electrons. The molecule has 0 unspecified atom stereocenters. The highest BCUT2D eigenvalue weighted by Gasteiger charge is 2.32. The van der Waals surface area contributed by atoms with Crippen molar-refractivity contribution in [3.05, 3.63) is 40.9 Å². The number of thioether (sulfide) groups is 1. The molecular weight excluding hydrogens is 320 g/mol. The number of para-hydroxylation sites is 1. The first-order valence-electron chi connectivity index (χ1n) is 6.46. The Labute approximate surface area is 136 Å². The van der Waals surface area contributed by atoms with Crippen LogP contribution in [0.3, 0.4) is 0 Å². The Bertz CT molecular complexity index is 838. The van der Waals surface area contributed by atoms with Crippen LogP contribution >= 0.6 is 24.0 Å². The number of aliphatic carboxylic acids is 1. The van der Waals surface area contributed by atoms with Crippen LogP contribution in [-0.2, 0) is 16.6 Å². The molecule has 1 fully saturated rings. The minimum absolute atomic E-state index is 0.237. The maximum absolute atomic E-state index is 12.3. The van der Waals surface area contributed by atoms with Gasteiger partial charge in [0.25, 0.3) is 5.91 Å². The number of hydrogen-bond donors (Lipinski definition) is 0. The Hall–Kier alpha value is -2.12.